The van der Waals surface area contributed by atoms with Gasteiger partial charge in [0.1, 0.15) is 11.5 Å². The van der Waals surface area contributed by atoms with Gasteiger partial charge in [0.2, 0.25) is 0 Å². The highest BCUT2D eigenvalue weighted by molar-refractivity contribution is 5.42. The molecule has 0 amide bonds. The van der Waals surface area contributed by atoms with Gasteiger partial charge >= 0.3 is 0 Å². The van der Waals surface area contributed by atoms with Gasteiger partial charge < -0.3 is 14.8 Å². The number of nitrogens with one attached hydrogen (secondary N) is 1. The van der Waals surface area contributed by atoms with Crippen molar-refractivity contribution in [2.75, 3.05) is 40.4 Å². The summed E-state index contributed by atoms with van der Waals surface area (Å²) in [5, 5.41) is 3.49. The van der Waals surface area contributed by atoms with Crippen molar-refractivity contribution < 1.29 is 9.47 Å². The molecule has 1 aromatic rings. The highest BCUT2D eigenvalue weighted by Crippen LogP contribution is 2.37. The fourth-order valence-electron chi connectivity index (χ4n) is 3.57. The van der Waals surface area contributed by atoms with Crippen molar-refractivity contribution in [1.82, 2.24) is 10.2 Å². The predicted molar refractivity (Wildman–Crippen MR) is 79.4 cm³/mol. The Morgan fingerprint density at radius 2 is 1.85 bits per heavy atom. The zero-order valence-corrected chi connectivity index (χ0v) is 12.6. The molecule has 0 spiro atoms. The maximum Gasteiger partial charge on any atom is 0.123 e. The second-order valence-corrected chi connectivity index (χ2v) is 5.92. The molecule has 2 heterocycles. The van der Waals surface area contributed by atoms with E-state index in [4.69, 9.17) is 9.47 Å². The highest BCUT2D eigenvalue weighted by atomic mass is 16.5. The summed E-state index contributed by atoms with van der Waals surface area (Å²) in [5.41, 5.74) is 1.22. The molecule has 2 fully saturated rings. The molecule has 0 bridgehead atoms. The number of hydrogen-bond donors (Lipinski definition) is 1. The van der Waals surface area contributed by atoms with Gasteiger partial charge in [-0.1, -0.05) is 0 Å². The first-order valence-electron chi connectivity index (χ1n) is 7.39. The van der Waals surface area contributed by atoms with Crippen LogP contribution in [0.5, 0.6) is 11.5 Å². The highest BCUT2D eigenvalue weighted by Gasteiger charge is 2.38. The zero-order chi connectivity index (χ0) is 14.1. The van der Waals surface area contributed by atoms with E-state index in [2.05, 4.69) is 23.2 Å². The van der Waals surface area contributed by atoms with Crippen molar-refractivity contribution in [1.29, 1.82) is 0 Å². The van der Waals surface area contributed by atoms with Crippen molar-refractivity contribution in [2.45, 2.75) is 13.0 Å². The van der Waals surface area contributed by atoms with Gasteiger partial charge in [0.05, 0.1) is 14.2 Å². The number of likely N-dealkylation sites (tertiary alicyclic amines) is 1. The maximum absolute atomic E-state index is 5.52. The average molecular weight is 276 g/mol. The lowest BCUT2D eigenvalue weighted by Gasteiger charge is -2.27. The van der Waals surface area contributed by atoms with Crippen molar-refractivity contribution >= 4 is 0 Å². The van der Waals surface area contributed by atoms with Crippen LogP contribution in [0.25, 0.3) is 0 Å². The Labute approximate surface area is 121 Å². The molecule has 0 aliphatic carbocycles. The Hall–Kier alpha value is -1.26. The van der Waals surface area contributed by atoms with Crippen LogP contribution in [0.15, 0.2) is 18.2 Å². The molecule has 4 heteroatoms. The summed E-state index contributed by atoms with van der Waals surface area (Å²) >= 11 is 0. The number of methoxy groups -OCH3 is 2. The maximum atomic E-state index is 5.52. The topological polar surface area (TPSA) is 33.7 Å². The molecule has 3 unspecified atom stereocenters. The molecule has 0 radical (unpaired) electrons. The van der Waals surface area contributed by atoms with Crippen LogP contribution in [0, 0.1) is 11.8 Å². The fraction of sp³-hybridized carbons (Fsp3) is 0.625. The van der Waals surface area contributed by atoms with Crippen LogP contribution in [-0.4, -0.2) is 45.3 Å². The SMILES string of the molecule is COc1ccc(OC)c(C(C)N2CC3CNCC3C2)c1. The van der Waals surface area contributed by atoms with E-state index < -0.39 is 0 Å². The van der Waals surface area contributed by atoms with Crippen molar-refractivity contribution in [2.24, 2.45) is 11.8 Å². The molecule has 0 saturated carbocycles. The van der Waals surface area contributed by atoms with Crippen LogP contribution in [0.3, 0.4) is 0 Å². The first-order chi connectivity index (χ1) is 9.72. The molecule has 3 rings (SSSR count). The van der Waals surface area contributed by atoms with Crippen LogP contribution >= 0.6 is 0 Å². The second-order valence-electron chi connectivity index (χ2n) is 5.92. The number of hydrogen-bond acceptors (Lipinski definition) is 4. The normalized spacial score (nSPS) is 27.4. The van der Waals surface area contributed by atoms with Crippen LogP contribution in [0.4, 0.5) is 0 Å². The van der Waals surface area contributed by atoms with Crippen molar-refractivity contribution in [3.8, 4) is 11.5 Å². The Morgan fingerprint density at radius 1 is 1.15 bits per heavy atom. The molecule has 4 nitrogen and oxygen atoms in total. The minimum Gasteiger partial charge on any atom is -0.497 e. The third-order valence-electron chi connectivity index (χ3n) is 4.85. The van der Waals surface area contributed by atoms with Gasteiger partial charge in [-0.2, -0.15) is 0 Å². The standard InChI is InChI=1S/C16H24N2O2/c1-11(18-9-12-7-17-8-13(12)10-18)15-6-14(19-2)4-5-16(15)20-3/h4-6,11-13,17H,7-10H2,1-3H3. The molecule has 2 aliphatic heterocycles. The minimum absolute atomic E-state index is 0.366. The van der Waals surface area contributed by atoms with E-state index in [9.17, 15) is 0 Å². The smallest absolute Gasteiger partial charge is 0.123 e. The first kappa shape index (κ1) is 13.7. The van der Waals surface area contributed by atoms with E-state index >= 15 is 0 Å². The van der Waals surface area contributed by atoms with Gasteiger partial charge in [-0.25, -0.2) is 0 Å². The van der Waals surface area contributed by atoms with Crippen LogP contribution in [0.2, 0.25) is 0 Å². The zero-order valence-electron chi connectivity index (χ0n) is 12.6. The fourth-order valence-corrected chi connectivity index (χ4v) is 3.57. The van der Waals surface area contributed by atoms with E-state index in [-0.39, 0.29) is 0 Å². The second kappa shape index (κ2) is 5.62. The molecule has 20 heavy (non-hydrogen) atoms. The van der Waals surface area contributed by atoms with Crippen LogP contribution in [-0.2, 0) is 0 Å². The average Bonchev–Trinajstić information content (AvgIpc) is 3.07. The summed E-state index contributed by atoms with van der Waals surface area (Å²) in [5.74, 6) is 3.48. The Morgan fingerprint density at radius 3 is 2.45 bits per heavy atom. The number of benzene rings is 1. The molecule has 2 aliphatic rings. The van der Waals surface area contributed by atoms with E-state index in [1.165, 1.54) is 31.7 Å². The van der Waals surface area contributed by atoms with Gasteiger partial charge in [-0.3, -0.25) is 4.90 Å². The quantitative estimate of drug-likeness (QED) is 0.911. The van der Waals surface area contributed by atoms with Crippen LogP contribution < -0.4 is 14.8 Å². The first-order valence-corrected chi connectivity index (χ1v) is 7.39. The number of fused-ring (bicyclic) bond motifs is 1. The predicted octanol–water partition coefficient (Wildman–Crippen LogP) is 1.92. The van der Waals surface area contributed by atoms with Gasteiger partial charge in [-0.05, 0) is 50.0 Å². The summed E-state index contributed by atoms with van der Waals surface area (Å²) in [6.07, 6.45) is 0. The summed E-state index contributed by atoms with van der Waals surface area (Å²) in [7, 11) is 3.45. The van der Waals surface area contributed by atoms with Crippen LogP contribution in [0.1, 0.15) is 18.5 Å². The molecule has 110 valence electrons. The minimum atomic E-state index is 0.366. The third kappa shape index (κ3) is 2.38. The molecule has 1 aromatic carbocycles. The number of ether oxygens (including phenoxy) is 2. The molecule has 0 aromatic heterocycles. The van der Waals surface area contributed by atoms with Gasteiger partial charge in [0, 0.05) is 24.7 Å². The van der Waals surface area contributed by atoms with E-state index in [0.29, 0.717) is 6.04 Å². The molecular formula is C16H24N2O2. The van der Waals surface area contributed by atoms with Gasteiger partial charge in [0.15, 0.2) is 0 Å². The Balaban J connectivity index is 1.81. The van der Waals surface area contributed by atoms with Gasteiger partial charge in [-0.15, -0.1) is 0 Å². The monoisotopic (exact) mass is 276 g/mol. The van der Waals surface area contributed by atoms with Gasteiger partial charge in [0.25, 0.3) is 0 Å². The molecular weight excluding hydrogens is 252 g/mol. The molecule has 3 atom stereocenters. The van der Waals surface area contributed by atoms with Crippen molar-refractivity contribution in [3.63, 3.8) is 0 Å². The Bertz CT molecular complexity index is 466. The summed E-state index contributed by atoms with van der Waals surface area (Å²) in [4.78, 5) is 2.58. The number of nitrogens with zero attached hydrogens (tertiary/aromatic N) is 1. The lowest BCUT2D eigenvalue weighted by atomic mass is 10.0. The largest absolute Gasteiger partial charge is 0.497 e. The lowest BCUT2D eigenvalue weighted by molar-refractivity contribution is 0.238. The molecule has 1 N–H and O–H groups in total. The third-order valence-corrected chi connectivity index (χ3v) is 4.85. The van der Waals surface area contributed by atoms with E-state index in [0.717, 1.165) is 23.3 Å². The van der Waals surface area contributed by atoms with Crippen molar-refractivity contribution in [3.05, 3.63) is 23.8 Å². The number of rotatable bonds is 4. The molecule has 2 saturated heterocycles. The summed E-state index contributed by atoms with van der Waals surface area (Å²) < 4.78 is 10.9. The lowest BCUT2D eigenvalue weighted by Crippen LogP contribution is -2.28. The van der Waals surface area contributed by atoms with E-state index in [1.807, 2.05) is 12.1 Å². The Kier molecular flexibility index (Phi) is 3.85. The summed E-state index contributed by atoms with van der Waals surface area (Å²) in [6, 6.07) is 6.43. The summed E-state index contributed by atoms with van der Waals surface area (Å²) in [6.45, 7) is 6.97. The van der Waals surface area contributed by atoms with E-state index in [1.54, 1.807) is 14.2 Å².